The maximum absolute atomic E-state index is 12.4. The van der Waals surface area contributed by atoms with Crippen LogP contribution in [0.1, 0.15) is 12.8 Å². The first-order chi connectivity index (χ1) is 13.7. The molecule has 1 heterocycles. The number of hydrogen-bond donors (Lipinski definition) is 1. The van der Waals surface area contributed by atoms with Gasteiger partial charge in [0.15, 0.2) is 9.84 Å². The highest BCUT2D eigenvalue weighted by Gasteiger charge is 2.17. The Morgan fingerprint density at radius 2 is 1.59 bits per heavy atom. The number of aromatic nitrogens is 2. The van der Waals surface area contributed by atoms with Crippen LogP contribution in [0.15, 0.2) is 62.8 Å². The Bertz CT molecular complexity index is 1190. The van der Waals surface area contributed by atoms with Crippen molar-refractivity contribution < 1.29 is 26.1 Å². The Kier molecular flexibility index (Phi) is 6.01. The molecule has 0 saturated carbocycles. The van der Waals surface area contributed by atoms with E-state index in [4.69, 9.17) is 9.26 Å². The average Bonchev–Trinajstić information content (AvgIpc) is 3.16. The molecule has 154 valence electrons. The summed E-state index contributed by atoms with van der Waals surface area (Å²) >= 11 is 0. The molecule has 0 aliphatic carbocycles. The summed E-state index contributed by atoms with van der Waals surface area (Å²) < 4.78 is 60.5. The second-order valence-electron chi connectivity index (χ2n) is 6.04. The van der Waals surface area contributed by atoms with Gasteiger partial charge in [-0.3, -0.25) is 0 Å². The summed E-state index contributed by atoms with van der Waals surface area (Å²) in [5.41, 5.74) is 0.697. The van der Waals surface area contributed by atoms with Crippen LogP contribution in [0, 0.1) is 0 Å². The van der Waals surface area contributed by atoms with Crippen LogP contribution in [-0.2, 0) is 26.4 Å². The molecule has 0 aliphatic heterocycles. The summed E-state index contributed by atoms with van der Waals surface area (Å²) in [4.78, 5) is 4.14. The standard InChI is InChI=1S/C18H19N3O6S2/c1-3-26-14-6-4-13(5-7-14)18-20-17(27-21-18)12-19-29(24,25)16-10-8-15(9-11-16)28(2,22)23/h4-11,19H,3,12H2,1-2H3. The number of sulfonamides is 1. The topological polar surface area (TPSA) is 128 Å². The molecule has 0 aliphatic rings. The lowest BCUT2D eigenvalue weighted by molar-refractivity contribution is 0.340. The van der Waals surface area contributed by atoms with Crippen LogP contribution in [0.25, 0.3) is 11.4 Å². The zero-order valence-electron chi connectivity index (χ0n) is 15.7. The Balaban J connectivity index is 1.68. The van der Waals surface area contributed by atoms with Crippen molar-refractivity contribution in [3.63, 3.8) is 0 Å². The van der Waals surface area contributed by atoms with Crippen LogP contribution in [0.5, 0.6) is 5.75 Å². The summed E-state index contributed by atoms with van der Waals surface area (Å²) in [6.45, 7) is 2.24. The molecule has 0 saturated heterocycles. The van der Waals surface area contributed by atoms with Gasteiger partial charge >= 0.3 is 0 Å². The number of sulfone groups is 1. The van der Waals surface area contributed by atoms with Gasteiger partial charge in [0, 0.05) is 11.8 Å². The monoisotopic (exact) mass is 437 g/mol. The first kappa shape index (κ1) is 21.0. The summed E-state index contributed by atoms with van der Waals surface area (Å²) in [5, 5.41) is 3.85. The van der Waals surface area contributed by atoms with Crippen LogP contribution in [0.3, 0.4) is 0 Å². The normalized spacial score (nSPS) is 12.1. The van der Waals surface area contributed by atoms with E-state index in [-0.39, 0.29) is 22.2 Å². The largest absolute Gasteiger partial charge is 0.494 e. The molecule has 0 radical (unpaired) electrons. The van der Waals surface area contributed by atoms with Gasteiger partial charge in [-0.2, -0.15) is 4.98 Å². The van der Waals surface area contributed by atoms with Crippen molar-refractivity contribution in [3.8, 4) is 17.1 Å². The number of hydrogen-bond acceptors (Lipinski definition) is 8. The van der Waals surface area contributed by atoms with Crippen LogP contribution in [0.2, 0.25) is 0 Å². The van der Waals surface area contributed by atoms with E-state index in [1.54, 1.807) is 24.3 Å². The quantitative estimate of drug-likeness (QED) is 0.567. The molecule has 29 heavy (non-hydrogen) atoms. The van der Waals surface area contributed by atoms with Gasteiger partial charge in [-0.25, -0.2) is 21.6 Å². The summed E-state index contributed by atoms with van der Waals surface area (Å²) in [7, 11) is -7.28. The molecular formula is C18H19N3O6S2. The molecule has 0 unspecified atom stereocenters. The van der Waals surface area contributed by atoms with Crippen LogP contribution in [0.4, 0.5) is 0 Å². The lowest BCUT2D eigenvalue weighted by Gasteiger charge is -2.05. The van der Waals surface area contributed by atoms with Crippen molar-refractivity contribution in [2.75, 3.05) is 12.9 Å². The van der Waals surface area contributed by atoms with Gasteiger partial charge in [0.05, 0.1) is 22.9 Å². The molecule has 9 nitrogen and oxygen atoms in total. The van der Waals surface area contributed by atoms with Gasteiger partial charge in [-0.15, -0.1) is 0 Å². The molecular weight excluding hydrogens is 418 g/mol. The molecule has 0 fully saturated rings. The van der Waals surface area contributed by atoms with Crippen LogP contribution >= 0.6 is 0 Å². The summed E-state index contributed by atoms with van der Waals surface area (Å²) in [6.07, 6.45) is 1.05. The zero-order chi connectivity index (χ0) is 21.1. The number of benzene rings is 2. The van der Waals surface area contributed by atoms with E-state index in [9.17, 15) is 16.8 Å². The third kappa shape index (κ3) is 5.19. The Labute approximate surface area is 168 Å². The van der Waals surface area contributed by atoms with E-state index in [0.29, 0.717) is 18.0 Å². The van der Waals surface area contributed by atoms with Gasteiger partial charge in [0.2, 0.25) is 21.7 Å². The lowest BCUT2D eigenvalue weighted by Crippen LogP contribution is -2.23. The van der Waals surface area contributed by atoms with Crippen LogP contribution in [-0.4, -0.2) is 39.8 Å². The first-order valence-corrected chi connectivity index (χ1v) is 11.9. The van der Waals surface area contributed by atoms with Gasteiger partial charge in [-0.05, 0) is 55.5 Å². The van der Waals surface area contributed by atoms with Gasteiger partial charge < -0.3 is 9.26 Å². The Morgan fingerprint density at radius 1 is 0.966 bits per heavy atom. The summed E-state index contributed by atoms with van der Waals surface area (Å²) in [6, 6.07) is 12.0. The first-order valence-electron chi connectivity index (χ1n) is 8.54. The fourth-order valence-corrected chi connectivity index (χ4v) is 4.02. The third-order valence-corrected chi connectivity index (χ3v) is 6.41. The Hall–Kier alpha value is -2.76. The SMILES string of the molecule is CCOc1ccc(-c2noc(CNS(=O)(=O)c3ccc(S(C)(=O)=O)cc3)n2)cc1. The van der Waals surface area contributed by atoms with E-state index in [1.165, 1.54) is 24.3 Å². The molecule has 0 spiro atoms. The van der Waals surface area contributed by atoms with Gasteiger partial charge in [-0.1, -0.05) is 5.16 Å². The minimum absolute atomic E-state index is 0.0355. The maximum atomic E-state index is 12.4. The van der Waals surface area contributed by atoms with Crippen molar-refractivity contribution >= 4 is 19.9 Å². The molecule has 1 N–H and O–H groups in total. The predicted octanol–water partition coefficient (Wildman–Crippen LogP) is 2.02. The minimum Gasteiger partial charge on any atom is -0.494 e. The highest BCUT2D eigenvalue weighted by Crippen LogP contribution is 2.20. The van der Waals surface area contributed by atoms with Crippen molar-refractivity contribution in [2.24, 2.45) is 0 Å². The molecule has 0 atom stereocenters. The molecule has 3 aromatic rings. The fourth-order valence-electron chi connectivity index (χ4n) is 2.42. The van der Waals surface area contributed by atoms with Crippen molar-refractivity contribution in [1.29, 1.82) is 0 Å². The van der Waals surface area contributed by atoms with Crippen molar-refractivity contribution in [1.82, 2.24) is 14.9 Å². The van der Waals surface area contributed by atoms with E-state index >= 15 is 0 Å². The Morgan fingerprint density at radius 3 is 2.17 bits per heavy atom. The number of ether oxygens (including phenoxy) is 1. The second-order valence-corrected chi connectivity index (χ2v) is 9.82. The molecule has 1 aromatic heterocycles. The summed E-state index contributed by atoms with van der Waals surface area (Å²) in [5.74, 6) is 1.12. The zero-order valence-corrected chi connectivity index (χ0v) is 17.3. The fraction of sp³-hybridized carbons (Fsp3) is 0.222. The average molecular weight is 437 g/mol. The highest BCUT2D eigenvalue weighted by molar-refractivity contribution is 7.90. The molecule has 3 rings (SSSR count). The number of nitrogens with one attached hydrogen (secondary N) is 1. The van der Waals surface area contributed by atoms with Crippen molar-refractivity contribution in [2.45, 2.75) is 23.3 Å². The van der Waals surface area contributed by atoms with Crippen LogP contribution < -0.4 is 9.46 Å². The van der Waals surface area contributed by atoms with E-state index < -0.39 is 19.9 Å². The lowest BCUT2D eigenvalue weighted by atomic mass is 10.2. The van der Waals surface area contributed by atoms with E-state index in [0.717, 1.165) is 12.0 Å². The minimum atomic E-state index is -3.88. The number of nitrogens with zero attached hydrogens (tertiary/aromatic N) is 2. The van der Waals surface area contributed by atoms with Gasteiger partial charge in [0.1, 0.15) is 5.75 Å². The molecule has 0 bridgehead atoms. The highest BCUT2D eigenvalue weighted by atomic mass is 32.2. The van der Waals surface area contributed by atoms with Gasteiger partial charge in [0.25, 0.3) is 0 Å². The van der Waals surface area contributed by atoms with E-state index in [1.807, 2.05) is 6.92 Å². The molecule has 2 aromatic carbocycles. The smallest absolute Gasteiger partial charge is 0.242 e. The third-order valence-electron chi connectivity index (χ3n) is 3.87. The molecule has 0 amide bonds. The maximum Gasteiger partial charge on any atom is 0.242 e. The number of rotatable bonds is 8. The predicted molar refractivity (Wildman–Crippen MR) is 104 cm³/mol. The van der Waals surface area contributed by atoms with E-state index in [2.05, 4.69) is 14.9 Å². The molecule has 11 heteroatoms. The second kappa shape index (κ2) is 8.31. The van der Waals surface area contributed by atoms with Crippen molar-refractivity contribution in [3.05, 3.63) is 54.4 Å².